The molecule has 31 heavy (non-hydrogen) atoms. The van der Waals surface area contributed by atoms with Crippen molar-refractivity contribution in [3.8, 4) is 0 Å². The first-order chi connectivity index (χ1) is 14.7. The molecule has 11 atom stereocenters. The van der Waals surface area contributed by atoms with Crippen LogP contribution in [0.3, 0.4) is 0 Å². The molecule has 6 fully saturated rings. The predicted octanol–water partition coefficient (Wildman–Crippen LogP) is 5.09. The van der Waals surface area contributed by atoms with Gasteiger partial charge >= 0.3 is 0 Å². The van der Waals surface area contributed by atoms with Gasteiger partial charge in [-0.25, -0.2) is 0 Å². The molecule has 4 aliphatic carbocycles. The molecular weight excluding hydrogens is 386 g/mol. The van der Waals surface area contributed by atoms with Crippen LogP contribution < -0.4 is 5.32 Å². The third kappa shape index (κ3) is 2.87. The minimum absolute atomic E-state index is 0.0512. The Morgan fingerprint density at radius 2 is 1.71 bits per heavy atom. The second kappa shape index (κ2) is 6.93. The maximum Gasteiger partial charge on any atom is 0.171 e. The molecule has 2 saturated heterocycles. The quantitative estimate of drug-likeness (QED) is 0.607. The van der Waals surface area contributed by atoms with Crippen LogP contribution in [0.4, 0.5) is 0 Å². The molecule has 1 unspecified atom stereocenters. The molecule has 0 aromatic rings. The lowest BCUT2D eigenvalue weighted by atomic mass is 9.44. The van der Waals surface area contributed by atoms with Gasteiger partial charge in [0.25, 0.3) is 0 Å². The fourth-order valence-corrected chi connectivity index (χ4v) is 10.1. The van der Waals surface area contributed by atoms with Crippen molar-refractivity contribution in [1.29, 1.82) is 0 Å². The zero-order valence-corrected chi connectivity index (χ0v) is 20.3. The number of hydrogen-bond donors (Lipinski definition) is 2. The lowest BCUT2D eigenvalue weighted by molar-refractivity contribution is -0.282. The third-order valence-corrected chi connectivity index (χ3v) is 11.9. The Kier molecular flexibility index (Phi) is 4.78. The van der Waals surface area contributed by atoms with Gasteiger partial charge in [-0.1, -0.05) is 20.8 Å². The summed E-state index contributed by atoms with van der Waals surface area (Å²) in [4.78, 5) is 0. The SMILES string of the molecule is CN[C@]12C[C@H]3[C@@H]4CC[C@@H]5C[C@@H](O)CC[C@]5(C)[C@H]4CC[C@]3(C)C1C[C@@]1(CC[C@H](C)CO1)O2. The number of aliphatic hydroxyl groups excluding tert-OH is 1. The second-order valence-corrected chi connectivity index (χ2v) is 13.2. The molecule has 4 nitrogen and oxygen atoms in total. The van der Waals surface area contributed by atoms with E-state index < -0.39 is 0 Å². The van der Waals surface area contributed by atoms with E-state index in [2.05, 4.69) is 33.1 Å². The van der Waals surface area contributed by atoms with Crippen molar-refractivity contribution in [2.24, 2.45) is 46.3 Å². The summed E-state index contributed by atoms with van der Waals surface area (Å²) >= 11 is 0. The molecule has 4 heteroatoms. The van der Waals surface area contributed by atoms with Gasteiger partial charge in [0.15, 0.2) is 5.79 Å². The van der Waals surface area contributed by atoms with Crippen molar-refractivity contribution >= 4 is 0 Å². The standard InChI is InChI=1S/C27H45NO3/c1-17-7-12-26(30-16-17)15-23-25(3)11-9-21-20(22(25)14-27(23,28-4)31-26)6-5-18-13-19(29)8-10-24(18,21)2/h17-23,28-29H,5-16H2,1-4H3/t17-,18+,19-,20+,21-,22-,23?,24-,25-,26+,27-/m0/s1. The summed E-state index contributed by atoms with van der Waals surface area (Å²) in [5.41, 5.74) is 0.603. The van der Waals surface area contributed by atoms with Crippen LogP contribution in [0.25, 0.3) is 0 Å². The number of fused-ring (bicyclic) bond motifs is 7. The van der Waals surface area contributed by atoms with Crippen LogP contribution in [0.15, 0.2) is 0 Å². The largest absolute Gasteiger partial charge is 0.393 e. The Labute approximate surface area is 189 Å². The van der Waals surface area contributed by atoms with Crippen molar-refractivity contribution in [1.82, 2.24) is 5.32 Å². The summed E-state index contributed by atoms with van der Waals surface area (Å²) in [6.07, 6.45) is 13.2. The molecule has 1 spiro atoms. The molecule has 2 aliphatic heterocycles. The van der Waals surface area contributed by atoms with Gasteiger partial charge in [0.2, 0.25) is 0 Å². The zero-order chi connectivity index (χ0) is 21.6. The molecule has 0 amide bonds. The highest BCUT2D eigenvalue weighted by atomic mass is 16.7. The van der Waals surface area contributed by atoms with E-state index in [9.17, 15) is 5.11 Å². The Morgan fingerprint density at radius 1 is 0.903 bits per heavy atom. The summed E-state index contributed by atoms with van der Waals surface area (Å²) < 4.78 is 13.5. The Morgan fingerprint density at radius 3 is 2.45 bits per heavy atom. The van der Waals surface area contributed by atoms with Crippen LogP contribution in [0.2, 0.25) is 0 Å². The fraction of sp³-hybridized carbons (Fsp3) is 1.00. The molecular formula is C27H45NO3. The monoisotopic (exact) mass is 431 g/mol. The number of hydrogen-bond acceptors (Lipinski definition) is 4. The Balaban J connectivity index is 1.29. The fourth-order valence-electron chi connectivity index (χ4n) is 10.1. The average molecular weight is 432 g/mol. The predicted molar refractivity (Wildman–Crippen MR) is 121 cm³/mol. The van der Waals surface area contributed by atoms with E-state index in [0.717, 1.165) is 62.4 Å². The van der Waals surface area contributed by atoms with Crippen LogP contribution >= 0.6 is 0 Å². The van der Waals surface area contributed by atoms with Crippen LogP contribution in [0.1, 0.15) is 91.4 Å². The zero-order valence-electron chi connectivity index (χ0n) is 20.3. The molecule has 6 rings (SSSR count). The van der Waals surface area contributed by atoms with Gasteiger partial charge in [0.05, 0.1) is 12.7 Å². The molecule has 0 aromatic carbocycles. The molecule has 2 N–H and O–H groups in total. The Bertz CT molecular complexity index is 719. The van der Waals surface area contributed by atoms with Gasteiger partial charge in [-0.2, -0.15) is 0 Å². The van der Waals surface area contributed by atoms with E-state index in [1.807, 2.05) is 0 Å². The lowest BCUT2D eigenvalue weighted by Gasteiger charge is -2.61. The van der Waals surface area contributed by atoms with Crippen LogP contribution in [-0.2, 0) is 9.47 Å². The molecule has 0 radical (unpaired) electrons. The van der Waals surface area contributed by atoms with Crippen molar-refractivity contribution < 1.29 is 14.6 Å². The van der Waals surface area contributed by atoms with Gasteiger partial charge in [-0.05, 0) is 105 Å². The van der Waals surface area contributed by atoms with Crippen LogP contribution in [-0.4, -0.2) is 36.4 Å². The summed E-state index contributed by atoms with van der Waals surface area (Å²) in [7, 11) is 2.14. The summed E-state index contributed by atoms with van der Waals surface area (Å²) in [6, 6.07) is 0. The Hall–Kier alpha value is -0.160. The number of rotatable bonds is 1. The summed E-state index contributed by atoms with van der Waals surface area (Å²) in [6.45, 7) is 8.36. The van der Waals surface area contributed by atoms with Crippen molar-refractivity contribution in [3.05, 3.63) is 0 Å². The van der Waals surface area contributed by atoms with Crippen LogP contribution in [0.5, 0.6) is 0 Å². The minimum Gasteiger partial charge on any atom is -0.393 e. The first kappa shape index (κ1) is 21.4. The first-order valence-corrected chi connectivity index (χ1v) is 13.4. The van der Waals surface area contributed by atoms with Crippen molar-refractivity contribution in [3.63, 3.8) is 0 Å². The number of ether oxygens (including phenoxy) is 2. The smallest absolute Gasteiger partial charge is 0.171 e. The molecule has 176 valence electrons. The highest BCUT2D eigenvalue weighted by Crippen LogP contribution is 2.72. The van der Waals surface area contributed by atoms with Crippen LogP contribution in [0, 0.1) is 46.3 Å². The normalized spacial score (nSPS) is 60.9. The van der Waals surface area contributed by atoms with Gasteiger partial charge in [-0.15, -0.1) is 0 Å². The number of nitrogens with one attached hydrogen (secondary N) is 1. The molecule has 4 saturated carbocycles. The van der Waals surface area contributed by atoms with Gasteiger partial charge in [0, 0.05) is 18.8 Å². The van der Waals surface area contributed by atoms with E-state index in [0.29, 0.717) is 22.7 Å². The van der Waals surface area contributed by atoms with Gasteiger partial charge in [-0.3, -0.25) is 5.32 Å². The van der Waals surface area contributed by atoms with Crippen molar-refractivity contribution in [2.75, 3.05) is 13.7 Å². The van der Waals surface area contributed by atoms with E-state index in [1.165, 1.54) is 38.5 Å². The maximum absolute atomic E-state index is 10.3. The summed E-state index contributed by atoms with van der Waals surface area (Å²) in [5.74, 6) is 4.04. The summed E-state index contributed by atoms with van der Waals surface area (Å²) in [5, 5.41) is 14.1. The average Bonchev–Trinajstić information content (AvgIpc) is 3.20. The van der Waals surface area contributed by atoms with E-state index in [1.54, 1.807) is 0 Å². The van der Waals surface area contributed by atoms with Gasteiger partial charge < -0.3 is 14.6 Å². The first-order valence-electron chi connectivity index (χ1n) is 13.4. The molecule has 6 aliphatic rings. The van der Waals surface area contributed by atoms with E-state index in [4.69, 9.17) is 9.47 Å². The second-order valence-electron chi connectivity index (χ2n) is 13.2. The van der Waals surface area contributed by atoms with E-state index in [-0.39, 0.29) is 17.6 Å². The topological polar surface area (TPSA) is 50.7 Å². The van der Waals surface area contributed by atoms with E-state index >= 15 is 0 Å². The number of aliphatic hydroxyl groups is 1. The minimum atomic E-state index is -0.339. The molecule has 2 heterocycles. The molecule has 0 bridgehead atoms. The highest BCUT2D eigenvalue weighted by Gasteiger charge is 2.71. The third-order valence-electron chi connectivity index (χ3n) is 11.9. The van der Waals surface area contributed by atoms with Gasteiger partial charge in [0.1, 0.15) is 5.72 Å². The molecule has 0 aromatic heterocycles. The highest BCUT2D eigenvalue weighted by molar-refractivity contribution is 5.17. The van der Waals surface area contributed by atoms with Crippen molar-refractivity contribution in [2.45, 2.75) is 109 Å². The lowest BCUT2D eigenvalue weighted by Crippen LogP contribution is -2.54. The maximum atomic E-state index is 10.3.